The molecule has 0 radical (unpaired) electrons. The fourth-order valence-electron chi connectivity index (χ4n) is 0.779. The molecular formula is C8H13N3OS. The van der Waals surface area contributed by atoms with E-state index in [-0.39, 0.29) is 6.61 Å². The van der Waals surface area contributed by atoms with Crippen molar-refractivity contribution in [2.45, 2.75) is 11.4 Å². The molecule has 13 heavy (non-hydrogen) atoms. The van der Waals surface area contributed by atoms with Crippen LogP contribution in [0.25, 0.3) is 0 Å². The number of nitrogens with zero attached hydrogens (tertiary/aromatic N) is 2. The number of nitrogens with one attached hydrogen (secondary N) is 1. The van der Waals surface area contributed by atoms with Gasteiger partial charge in [0.15, 0.2) is 0 Å². The zero-order chi connectivity index (χ0) is 9.52. The Morgan fingerprint density at radius 1 is 1.54 bits per heavy atom. The predicted molar refractivity (Wildman–Crippen MR) is 54.0 cm³/mol. The van der Waals surface area contributed by atoms with Gasteiger partial charge >= 0.3 is 0 Å². The van der Waals surface area contributed by atoms with Gasteiger partial charge in [0.25, 0.3) is 0 Å². The molecule has 0 amide bonds. The highest BCUT2D eigenvalue weighted by Crippen LogP contribution is 2.16. The minimum atomic E-state index is 0.228. The average Bonchev–Trinajstić information content (AvgIpc) is 2.19. The molecule has 2 N–H and O–H groups in total. The summed E-state index contributed by atoms with van der Waals surface area (Å²) < 4.78 is 0. The maximum absolute atomic E-state index is 8.58. The van der Waals surface area contributed by atoms with Gasteiger partial charge < -0.3 is 10.4 Å². The molecule has 5 heteroatoms. The van der Waals surface area contributed by atoms with Gasteiger partial charge in [-0.1, -0.05) is 0 Å². The zero-order valence-corrected chi connectivity index (χ0v) is 8.34. The van der Waals surface area contributed by atoms with Crippen LogP contribution >= 0.6 is 11.8 Å². The van der Waals surface area contributed by atoms with Crippen LogP contribution in [0.2, 0.25) is 0 Å². The number of aliphatic hydroxyl groups excluding tert-OH is 1. The second-order valence-corrected chi connectivity index (χ2v) is 3.53. The molecule has 0 spiro atoms. The second-order valence-electron chi connectivity index (χ2n) is 2.42. The highest BCUT2D eigenvalue weighted by molar-refractivity contribution is 7.99. The monoisotopic (exact) mass is 199 g/mol. The van der Waals surface area contributed by atoms with E-state index < -0.39 is 0 Å². The van der Waals surface area contributed by atoms with Crippen LogP contribution in [0.3, 0.4) is 0 Å². The molecule has 0 fully saturated rings. The van der Waals surface area contributed by atoms with Crippen LogP contribution in [0.15, 0.2) is 17.4 Å². The molecule has 0 aromatic carbocycles. The first kappa shape index (κ1) is 10.3. The molecule has 72 valence electrons. The maximum atomic E-state index is 8.58. The first-order chi connectivity index (χ1) is 6.36. The summed E-state index contributed by atoms with van der Waals surface area (Å²) in [5, 5.41) is 12.4. The highest BCUT2D eigenvalue weighted by Gasteiger charge is 1.97. The van der Waals surface area contributed by atoms with Gasteiger partial charge in [-0.2, -0.15) is 0 Å². The van der Waals surface area contributed by atoms with Gasteiger partial charge in [0.1, 0.15) is 10.8 Å². The third-order valence-corrected chi connectivity index (χ3v) is 2.41. The summed E-state index contributed by atoms with van der Waals surface area (Å²) in [6, 6.07) is 0. The first-order valence-corrected chi connectivity index (χ1v) is 5.09. The van der Waals surface area contributed by atoms with Gasteiger partial charge in [0.2, 0.25) is 0 Å². The van der Waals surface area contributed by atoms with E-state index in [1.54, 1.807) is 24.2 Å². The van der Waals surface area contributed by atoms with Gasteiger partial charge in [-0.3, -0.25) is 4.98 Å². The zero-order valence-electron chi connectivity index (χ0n) is 7.53. The lowest BCUT2D eigenvalue weighted by Crippen LogP contribution is -1.95. The van der Waals surface area contributed by atoms with E-state index in [4.69, 9.17) is 5.11 Å². The number of thioether (sulfide) groups is 1. The standard InChI is InChI=1S/C8H13N3OS/c1-9-7-5-10-6-8(11-7)13-4-2-3-12/h5-6,12H,2-4H2,1H3,(H,9,11). The number of hydrogen-bond donors (Lipinski definition) is 2. The largest absolute Gasteiger partial charge is 0.396 e. The SMILES string of the molecule is CNc1cncc(SCCCO)n1. The molecule has 0 saturated heterocycles. The molecule has 0 unspecified atom stereocenters. The van der Waals surface area contributed by atoms with Crippen LogP contribution in [0.5, 0.6) is 0 Å². The van der Waals surface area contributed by atoms with Crippen molar-refractivity contribution in [3.05, 3.63) is 12.4 Å². The Morgan fingerprint density at radius 2 is 2.38 bits per heavy atom. The molecule has 4 nitrogen and oxygen atoms in total. The lowest BCUT2D eigenvalue weighted by atomic mass is 10.5. The summed E-state index contributed by atoms with van der Waals surface area (Å²) in [6.07, 6.45) is 4.19. The normalized spacial score (nSPS) is 10.0. The fraction of sp³-hybridized carbons (Fsp3) is 0.500. The van der Waals surface area contributed by atoms with Gasteiger partial charge in [-0.05, 0) is 6.42 Å². The van der Waals surface area contributed by atoms with Crippen molar-refractivity contribution < 1.29 is 5.11 Å². The van der Waals surface area contributed by atoms with Crippen LogP contribution in [0, 0.1) is 0 Å². The summed E-state index contributed by atoms with van der Waals surface area (Å²) in [4.78, 5) is 8.30. The Labute approximate surface area is 81.8 Å². The summed E-state index contributed by atoms with van der Waals surface area (Å²) in [5.41, 5.74) is 0. The molecular weight excluding hydrogens is 186 g/mol. The van der Waals surface area contributed by atoms with Crippen LogP contribution in [-0.4, -0.2) is 34.5 Å². The van der Waals surface area contributed by atoms with Crippen molar-refractivity contribution in [3.63, 3.8) is 0 Å². The number of aromatic nitrogens is 2. The van der Waals surface area contributed by atoms with Crippen LogP contribution in [0.4, 0.5) is 5.82 Å². The van der Waals surface area contributed by atoms with Crippen molar-refractivity contribution in [1.82, 2.24) is 9.97 Å². The number of hydrogen-bond acceptors (Lipinski definition) is 5. The van der Waals surface area contributed by atoms with Crippen molar-refractivity contribution in [2.75, 3.05) is 24.7 Å². The summed E-state index contributed by atoms with van der Waals surface area (Å²) in [6.45, 7) is 0.228. The Bertz CT molecular complexity index is 257. The second kappa shape index (κ2) is 5.77. The topological polar surface area (TPSA) is 58.0 Å². The average molecular weight is 199 g/mol. The molecule has 1 aromatic rings. The molecule has 1 aromatic heterocycles. The molecule has 0 saturated carbocycles. The van der Waals surface area contributed by atoms with Crippen molar-refractivity contribution in [3.8, 4) is 0 Å². The first-order valence-electron chi connectivity index (χ1n) is 4.10. The maximum Gasteiger partial charge on any atom is 0.145 e. The predicted octanol–water partition coefficient (Wildman–Crippen LogP) is 0.993. The van der Waals surface area contributed by atoms with Gasteiger partial charge in [-0.15, -0.1) is 11.8 Å². The van der Waals surface area contributed by atoms with E-state index >= 15 is 0 Å². The van der Waals surface area contributed by atoms with Gasteiger partial charge in [0.05, 0.1) is 12.4 Å². The lowest BCUT2D eigenvalue weighted by molar-refractivity contribution is 0.296. The summed E-state index contributed by atoms with van der Waals surface area (Å²) >= 11 is 1.60. The van der Waals surface area contributed by atoms with Crippen LogP contribution in [-0.2, 0) is 0 Å². The van der Waals surface area contributed by atoms with Crippen molar-refractivity contribution in [1.29, 1.82) is 0 Å². The third kappa shape index (κ3) is 3.61. The fourth-order valence-corrected chi connectivity index (χ4v) is 1.56. The molecule has 0 bridgehead atoms. The molecule has 0 aliphatic heterocycles. The molecule has 1 heterocycles. The van der Waals surface area contributed by atoms with E-state index in [0.29, 0.717) is 0 Å². The van der Waals surface area contributed by atoms with Gasteiger partial charge in [0, 0.05) is 19.4 Å². The Balaban J connectivity index is 2.46. The minimum absolute atomic E-state index is 0.228. The van der Waals surface area contributed by atoms with Gasteiger partial charge in [-0.25, -0.2) is 4.98 Å². The van der Waals surface area contributed by atoms with E-state index in [0.717, 1.165) is 23.0 Å². The van der Waals surface area contributed by atoms with E-state index in [1.165, 1.54) is 0 Å². The molecule has 0 aliphatic rings. The van der Waals surface area contributed by atoms with Crippen LogP contribution in [0.1, 0.15) is 6.42 Å². The van der Waals surface area contributed by atoms with E-state index in [2.05, 4.69) is 15.3 Å². The minimum Gasteiger partial charge on any atom is -0.396 e. The van der Waals surface area contributed by atoms with Crippen molar-refractivity contribution >= 4 is 17.6 Å². The molecule has 0 atom stereocenters. The lowest BCUT2D eigenvalue weighted by Gasteiger charge is -2.01. The third-order valence-electron chi connectivity index (χ3n) is 1.42. The Hall–Kier alpha value is -0.810. The smallest absolute Gasteiger partial charge is 0.145 e. The number of rotatable bonds is 5. The van der Waals surface area contributed by atoms with Crippen molar-refractivity contribution in [2.24, 2.45) is 0 Å². The molecule has 0 aliphatic carbocycles. The Kier molecular flexibility index (Phi) is 4.56. The summed E-state index contributed by atoms with van der Waals surface area (Å²) in [7, 11) is 1.81. The number of aliphatic hydroxyl groups is 1. The van der Waals surface area contributed by atoms with E-state index in [9.17, 15) is 0 Å². The summed E-state index contributed by atoms with van der Waals surface area (Å²) in [5.74, 6) is 1.65. The van der Waals surface area contributed by atoms with E-state index in [1.807, 2.05) is 7.05 Å². The quantitative estimate of drug-likeness (QED) is 0.547. The van der Waals surface area contributed by atoms with Crippen LogP contribution < -0.4 is 5.32 Å². The Morgan fingerprint density at radius 3 is 3.08 bits per heavy atom. The number of anilines is 1. The molecule has 1 rings (SSSR count). The highest BCUT2D eigenvalue weighted by atomic mass is 32.2.